The minimum absolute atomic E-state index is 0.000240. The van der Waals surface area contributed by atoms with Gasteiger partial charge in [0, 0.05) is 10.8 Å². The summed E-state index contributed by atoms with van der Waals surface area (Å²) in [5.74, 6) is 0.0827. The fourth-order valence-electron chi connectivity index (χ4n) is 1.20. The molecule has 0 atom stereocenters. The summed E-state index contributed by atoms with van der Waals surface area (Å²) < 4.78 is 1.13. The largest absolute Gasteiger partial charge is 0.299 e. The second kappa shape index (κ2) is 4.59. The molecule has 1 rings (SSSR count). The van der Waals surface area contributed by atoms with Gasteiger partial charge in [0.25, 0.3) is 5.91 Å². The smallest absolute Gasteiger partial charge is 0.255 e. The first-order valence-electron chi connectivity index (χ1n) is 5.89. The standard InChI is InChI=1S/C12H20N4O2/c1-11(2,3)8(17)7-9-13-14-15-16(9)10(18)12(4,5)6/h7H2,1-6H3. The van der Waals surface area contributed by atoms with E-state index in [1.165, 1.54) is 0 Å². The van der Waals surface area contributed by atoms with Crippen LogP contribution in [0.3, 0.4) is 0 Å². The molecule has 0 N–H and O–H groups in total. The van der Waals surface area contributed by atoms with Crippen LogP contribution in [-0.4, -0.2) is 31.9 Å². The fraction of sp³-hybridized carbons (Fsp3) is 0.750. The number of carbonyl (C=O) groups excluding carboxylic acids is 2. The van der Waals surface area contributed by atoms with Crippen LogP contribution in [0.5, 0.6) is 0 Å². The molecular formula is C12H20N4O2. The van der Waals surface area contributed by atoms with Crippen LogP contribution < -0.4 is 0 Å². The summed E-state index contributed by atoms with van der Waals surface area (Å²) in [7, 11) is 0. The Labute approximate surface area is 107 Å². The monoisotopic (exact) mass is 252 g/mol. The molecule has 1 aromatic heterocycles. The predicted octanol–water partition coefficient (Wildman–Crippen LogP) is 1.52. The predicted molar refractivity (Wildman–Crippen MR) is 66.1 cm³/mol. The van der Waals surface area contributed by atoms with Gasteiger partial charge in [-0.1, -0.05) is 41.5 Å². The molecule has 0 bridgehead atoms. The highest BCUT2D eigenvalue weighted by Crippen LogP contribution is 2.19. The van der Waals surface area contributed by atoms with Gasteiger partial charge in [0.05, 0.1) is 6.42 Å². The Morgan fingerprint density at radius 1 is 1.06 bits per heavy atom. The van der Waals surface area contributed by atoms with E-state index in [0.29, 0.717) is 5.82 Å². The van der Waals surface area contributed by atoms with Crippen LogP contribution in [0.15, 0.2) is 0 Å². The van der Waals surface area contributed by atoms with Crippen LogP contribution >= 0.6 is 0 Å². The molecule has 0 spiro atoms. The van der Waals surface area contributed by atoms with Crippen molar-refractivity contribution >= 4 is 11.7 Å². The van der Waals surface area contributed by atoms with E-state index in [2.05, 4.69) is 15.5 Å². The molecule has 100 valence electrons. The molecule has 1 heterocycles. The third-order valence-electron chi connectivity index (χ3n) is 2.52. The zero-order valence-corrected chi connectivity index (χ0v) is 11.8. The van der Waals surface area contributed by atoms with Crippen molar-refractivity contribution < 1.29 is 9.59 Å². The number of rotatable bonds is 2. The average Bonchev–Trinajstić information content (AvgIpc) is 2.61. The van der Waals surface area contributed by atoms with Crippen molar-refractivity contribution in [1.82, 2.24) is 20.2 Å². The highest BCUT2D eigenvalue weighted by Gasteiger charge is 2.29. The van der Waals surface area contributed by atoms with Gasteiger partial charge < -0.3 is 0 Å². The molecule has 0 aliphatic rings. The van der Waals surface area contributed by atoms with Crippen LogP contribution in [0.25, 0.3) is 0 Å². The van der Waals surface area contributed by atoms with Crippen LogP contribution in [0, 0.1) is 10.8 Å². The van der Waals surface area contributed by atoms with Crippen LogP contribution in [0.2, 0.25) is 0 Å². The summed E-state index contributed by atoms with van der Waals surface area (Å²) in [6.07, 6.45) is 0.0678. The number of Topliss-reactive ketones (excluding diaryl/α,β-unsaturated/α-hetero) is 1. The van der Waals surface area contributed by atoms with Gasteiger partial charge in [-0.05, 0) is 10.4 Å². The zero-order valence-electron chi connectivity index (χ0n) is 11.8. The molecule has 1 aromatic rings. The van der Waals surface area contributed by atoms with E-state index >= 15 is 0 Å². The van der Waals surface area contributed by atoms with Gasteiger partial charge in [-0.2, -0.15) is 4.68 Å². The molecule has 0 saturated carbocycles. The molecule has 0 aliphatic heterocycles. The summed E-state index contributed by atoms with van der Waals surface area (Å²) >= 11 is 0. The number of ketones is 1. The lowest BCUT2D eigenvalue weighted by Crippen LogP contribution is -2.31. The molecule has 0 aliphatic carbocycles. The SMILES string of the molecule is CC(C)(C)C(=O)Cc1nnnn1C(=O)C(C)(C)C. The van der Waals surface area contributed by atoms with E-state index in [-0.39, 0.29) is 18.1 Å². The Bertz CT molecular complexity index is 463. The minimum Gasteiger partial charge on any atom is -0.299 e. The fourth-order valence-corrected chi connectivity index (χ4v) is 1.20. The summed E-state index contributed by atoms with van der Waals surface area (Å²) in [6.45, 7) is 10.8. The summed E-state index contributed by atoms with van der Waals surface area (Å²) in [6, 6.07) is 0. The first kappa shape index (κ1) is 14.5. The van der Waals surface area contributed by atoms with E-state index in [9.17, 15) is 9.59 Å². The lowest BCUT2D eigenvalue weighted by Gasteiger charge is -2.18. The second-order valence-electron chi connectivity index (χ2n) is 6.41. The molecule has 0 fully saturated rings. The number of hydrogen-bond donors (Lipinski definition) is 0. The third kappa shape index (κ3) is 3.21. The average molecular weight is 252 g/mol. The number of aromatic nitrogens is 4. The molecule has 0 amide bonds. The number of carbonyl (C=O) groups is 2. The quantitative estimate of drug-likeness (QED) is 0.746. The Hall–Kier alpha value is -1.59. The molecule has 0 radical (unpaired) electrons. The first-order valence-corrected chi connectivity index (χ1v) is 5.89. The van der Waals surface area contributed by atoms with Crippen molar-refractivity contribution in [1.29, 1.82) is 0 Å². The Morgan fingerprint density at radius 3 is 2.06 bits per heavy atom. The Kier molecular flexibility index (Phi) is 3.69. The highest BCUT2D eigenvalue weighted by atomic mass is 16.2. The van der Waals surface area contributed by atoms with Gasteiger partial charge >= 0.3 is 0 Å². The molecule has 6 nitrogen and oxygen atoms in total. The van der Waals surface area contributed by atoms with E-state index in [1.807, 2.05) is 20.8 Å². The Balaban J connectivity index is 2.98. The summed E-state index contributed by atoms with van der Waals surface area (Å²) in [5, 5.41) is 10.9. The molecule has 0 saturated heterocycles. The second-order valence-corrected chi connectivity index (χ2v) is 6.41. The number of tetrazole rings is 1. The van der Waals surface area contributed by atoms with Gasteiger partial charge in [0.2, 0.25) is 0 Å². The maximum Gasteiger partial charge on any atom is 0.255 e. The maximum absolute atomic E-state index is 12.1. The van der Waals surface area contributed by atoms with Crippen molar-refractivity contribution in [2.24, 2.45) is 10.8 Å². The summed E-state index contributed by atoms with van der Waals surface area (Å²) in [5.41, 5.74) is -1.06. The van der Waals surface area contributed by atoms with Gasteiger partial charge in [0.15, 0.2) is 5.82 Å². The van der Waals surface area contributed by atoms with Gasteiger partial charge in [-0.25, -0.2) is 0 Å². The third-order valence-corrected chi connectivity index (χ3v) is 2.52. The van der Waals surface area contributed by atoms with Crippen LogP contribution in [0.4, 0.5) is 0 Å². The van der Waals surface area contributed by atoms with Crippen LogP contribution in [0.1, 0.15) is 52.2 Å². The molecular weight excluding hydrogens is 232 g/mol. The van der Waals surface area contributed by atoms with Crippen molar-refractivity contribution in [3.8, 4) is 0 Å². The van der Waals surface area contributed by atoms with E-state index < -0.39 is 10.8 Å². The van der Waals surface area contributed by atoms with Gasteiger partial charge in [0.1, 0.15) is 5.78 Å². The number of hydrogen-bond acceptors (Lipinski definition) is 5. The van der Waals surface area contributed by atoms with E-state index in [1.54, 1.807) is 20.8 Å². The topological polar surface area (TPSA) is 77.7 Å². The molecule has 0 aromatic carbocycles. The van der Waals surface area contributed by atoms with E-state index in [4.69, 9.17) is 0 Å². The van der Waals surface area contributed by atoms with Crippen molar-refractivity contribution in [2.45, 2.75) is 48.0 Å². The van der Waals surface area contributed by atoms with Crippen molar-refractivity contribution in [3.63, 3.8) is 0 Å². The van der Waals surface area contributed by atoms with Crippen molar-refractivity contribution in [2.75, 3.05) is 0 Å². The molecule has 18 heavy (non-hydrogen) atoms. The first-order chi connectivity index (χ1) is 8.03. The summed E-state index contributed by atoms with van der Waals surface area (Å²) in [4.78, 5) is 24.0. The Morgan fingerprint density at radius 2 is 1.61 bits per heavy atom. The van der Waals surface area contributed by atoms with Gasteiger partial charge in [-0.15, -0.1) is 5.10 Å². The zero-order chi connectivity index (χ0) is 14.1. The molecule has 0 unspecified atom stereocenters. The lowest BCUT2D eigenvalue weighted by atomic mass is 9.89. The van der Waals surface area contributed by atoms with Crippen LogP contribution in [-0.2, 0) is 11.2 Å². The maximum atomic E-state index is 12.1. The van der Waals surface area contributed by atoms with Gasteiger partial charge in [-0.3, -0.25) is 9.59 Å². The molecule has 6 heteroatoms. The lowest BCUT2D eigenvalue weighted by molar-refractivity contribution is -0.125. The normalized spacial score (nSPS) is 12.6. The highest BCUT2D eigenvalue weighted by molar-refractivity contribution is 5.87. The van der Waals surface area contributed by atoms with E-state index in [0.717, 1.165) is 4.68 Å². The number of nitrogens with zero attached hydrogens (tertiary/aromatic N) is 4. The minimum atomic E-state index is -0.588. The van der Waals surface area contributed by atoms with Crippen molar-refractivity contribution in [3.05, 3.63) is 5.82 Å².